The van der Waals surface area contributed by atoms with E-state index in [-0.39, 0.29) is 23.1 Å². The maximum atomic E-state index is 11.9. The molecule has 1 aromatic rings. The first-order valence-corrected chi connectivity index (χ1v) is 6.77. The lowest BCUT2D eigenvalue weighted by Gasteiger charge is -2.16. The van der Waals surface area contributed by atoms with Crippen LogP contribution >= 0.6 is 0 Å². The highest BCUT2D eigenvalue weighted by atomic mass is 16.5. The number of H-pyrrole nitrogens is 1. The number of ether oxygens (including phenoxy) is 1. The molecule has 1 amide bonds. The van der Waals surface area contributed by atoms with Crippen molar-refractivity contribution in [1.82, 2.24) is 10.3 Å². The fraction of sp³-hybridized carbons (Fsp3) is 0.571. The Morgan fingerprint density at radius 1 is 1.63 bits per heavy atom. The minimum atomic E-state index is -0.355. The SMILES string of the molecule is CC(CCC1CCCO1)NC(=O)c1ccc[nH]c1=O. The molecule has 2 atom stereocenters. The average Bonchev–Trinajstić information content (AvgIpc) is 2.90. The molecule has 2 heterocycles. The van der Waals surface area contributed by atoms with Gasteiger partial charge in [-0.2, -0.15) is 0 Å². The lowest BCUT2D eigenvalue weighted by molar-refractivity contribution is 0.0898. The molecular formula is C14H20N2O3. The molecule has 1 aromatic heterocycles. The molecule has 19 heavy (non-hydrogen) atoms. The number of aromatic amines is 1. The Kier molecular flexibility index (Phi) is 4.74. The van der Waals surface area contributed by atoms with Gasteiger partial charge in [0.25, 0.3) is 11.5 Å². The number of amides is 1. The van der Waals surface area contributed by atoms with Crippen LogP contribution in [0.1, 0.15) is 43.0 Å². The van der Waals surface area contributed by atoms with Gasteiger partial charge >= 0.3 is 0 Å². The number of nitrogens with one attached hydrogen (secondary N) is 2. The normalized spacial score (nSPS) is 20.2. The van der Waals surface area contributed by atoms with E-state index in [9.17, 15) is 9.59 Å². The van der Waals surface area contributed by atoms with Gasteiger partial charge in [0.2, 0.25) is 0 Å². The van der Waals surface area contributed by atoms with Crippen LogP contribution in [0.4, 0.5) is 0 Å². The van der Waals surface area contributed by atoms with Crippen LogP contribution in [0.25, 0.3) is 0 Å². The molecule has 0 bridgehead atoms. The Hall–Kier alpha value is -1.62. The van der Waals surface area contributed by atoms with Crippen molar-refractivity contribution in [2.24, 2.45) is 0 Å². The Balaban J connectivity index is 1.81. The molecule has 1 saturated heterocycles. The molecule has 0 spiro atoms. The average molecular weight is 264 g/mol. The van der Waals surface area contributed by atoms with E-state index in [1.165, 1.54) is 12.3 Å². The molecule has 1 aliphatic rings. The molecule has 2 rings (SSSR count). The predicted molar refractivity (Wildman–Crippen MR) is 72.2 cm³/mol. The van der Waals surface area contributed by atoms with E-state index in [2.05, 4.69) is 10.3 Å². The summed E-state index contributed by atoms with van der Waals surface area (Å²) in [6.45, 7) is 2.80. The third-order valence-electron chi connectivity index (χ3n) is 3.39. The van der Waals surface area contributed by atoms with Gasteiger partial charge < -0.3 is 15.0 Å². The first kappa shape index (κ1) is 13.8. The number of hydrogen-bond acceptors (Lipinski definition) is 3. The van der Waals surface area contributed by atoms with Crippen molar-refractivity contribution in [2.75, 3.05) is 6.61 Å². The molecular weight excluding hydrogens is 244 g/mol. The van der Waals surface area contributed by atoms with Crippen molar-refractivity contribution >= 4 is 5.91 Å². The lowest BCUT2D eigenvalue weighted by atomic mass is 10.1. The van der Waals surface area contributed by atoms with Gasteiger partial charge in [-0.1, -0.05) is 0 Å². The van der Waals surface area contributed by atoms with E-state index >= 15 is 0 Å². The summed E-state index contributed by atoms with van der Waals surface area (Å²) in [6, 6.07) is 3.21. The monoisotopic (exact) mass is 264 g/mol. The number of hydrogen-bond donors (Lipinski definition) is 2. The number of rotatable bonds is 5. The number of carbonyl (C=O) groups is 1. The van der Waals surface area contributed by atoms with Crippen molar-refractivity contribution in [2.45, 2.75) is 44.8 Å². The van der Waals surface area contributed by atoms with Crippen LogP contribution in [0.2, 0.25) is 0 Å². The minimum Gasteiger partial charge on any atom is -0.378 e. The summed E-state index contributed by atoms with van der Waals surface area (Å²) in [5.41, 5.74) is -0.196. The summed E-state index contributed by atoms with van der Waals surface area (Å²) in [5, 5.41) is 2.85. The van der Waals surface area contributed by atoms with E-state index in [4.69, 9.17) is 4.74 Å². The van der Waals surface area contributed by atoms with Crippen LogP contribution in [0, 0.1) is 0 Å². The molecule has 5 nitrogen and oxygen atoms in total. The van der Waals surface area contributed by atoms with Crippen LogP contribution in [0.5, 0.6) is 0 Å². The van der Waals surface area contributed by atoms with Crippen LogP contribution < -0.4 is 10.9 Å². The first-order chi connectivity index (χ1) is 9.16. The van der Waals surface area contributed by atoms with Gasteiger partial charge in [-0.05, 0) is 44.7 Å². The molecule has 1 aliphatic heterocycles. The molecule has 0 aromatic carbocycles. The number of aromatic nitrogens is 1. The number of pyridine rings is 1. The summed E-state index contributed by atoms with van der Waals surface area (Å²) in [7, 11) is 0. The fourth-order valence-electron chi connectivity index (χ4n) is 2.28. The second-order valence-corrected chi connectivity index (χ2v) is 5.00. The lowest BCUT2D eigenvalue weighted by Crippen LogP contribution is -2.36. The first-order valence-electron chi connectivity index (χ1n) is 6.77. The van der Waals surface area contributed by atoms with Gasteiger partial charge in [-0.15, -0.1) is 0 Å². The Morgan fingerprint density at radius 2 is 2.47 bits per heavy atom. The van der Waals surface area contributed by atoms with E-state index in [0.29, 0.717) is 6.10 Å². The Labute approximate surface area is 112 Å². The van der Waals surface area contributed by atoms with E-state index in [1.807, 2.05) is 6.92 Å². The second kappa shape index (κ2) is 6.52. The van der Waals surface area contributed by atoms with Crippen molar-refractivity contribution in [3.63, 3.8) is 0 Å². The van der Waals surface area contributed by atoms with Gasteiger partial charge in [-0.3, -0.25) is 9.59 Å². The van der Waals surface area contributed by atoms with Gasteiger partial charge in [-0.25, -0.2) is 0 Å². The van der Waals surface area contributed by atoms with Crippen molar-refractivity contribution in [3.05, 3.63) is 34.2 Å². The van der Waals surface area contributed by atoms with Crippen LogP contribution in [-0.4, -0.2) is 29.6 Å². The van der Waals surface area contributed by atoms with E-state index in [0.717, 1.165) is 32.3 Å². The third kappa shape index (κ3) is 3.92. The molecule has 0 saturated carbocycles. The van der Waals surface area contributed by atoms with E-state index < -0.39 is 0 Å². The standard InChI is InChI=1S/C14H20N2O3/c1-10(6-7-11-4-3-9-19-11)16-14(18)12-5-2-8-15-13(12)17/h2,5,8,10-11H,3-4,6-7,9H2,1H3,(H,15,17)(H,16,18). The van der Waals surface area contributed by atoms with Crippen molar-refractivity contribution in [3.8, 4) is 0 Å². The molecule has 0 aliphatic carbocycles. The van der Waals surface area contributed by atoms with Crippen molar-refractivity contribution < 1.29 is 9.53 Å². The highest BCUT2D eigenvalue weighted by molar-refractivity contribution is 5.93. The smallest absolute Gasteiger partial charge is 0.260 e. The predicted octanol–water partition coefficient (Wildman–Crippen LogP) is 1.45. The van der Waals surface area contributed by atoms with E-state index in [1.54, 1.807) is 6.07 Å². The van der Waals surface area contributed by atoms with Crippen LogP contribution in [-0.2, 0) is 4.74 Å². The summed E-state index contributed by atoms with van der Waals surface area (Å²) in [4.78, 5) is 25.9. The van der Waals surface area contributed by atoms with Crippen LogP contribution in [0.15, 0.2) is 23.1 Å². The summed E-state index contributed by atoms with van der Waals surface area (Å²) >= 11 is 0. The largest absolute Gasteiger partial charge is 0.378 e. The third-order valence-corrected chi connectivity index (χ3v) is 3.39. The topological polar surface area (TPSA) is 71.2 Å². The highest BCUT2D eigenvalue weighted by Gasteiger charge is 2.18. The molecule has 104 valence electrons. The van der Waals surface area contributed by atoms with Gasteiger partial charge in [0, 0.05) is 18.8 Å². The zero-order valence-corrected chi connectivity index (χ0v) is 11.1. The van der Waals surface area contributed by atoms with Gasteiger partial charge in [0.15, 0.2) is 0 Å². The van der Waals surface area contributed by atoms with Crippen molar-refractivity contribution in [1.29, 1.82) is 0 Å². The molecule has 2 N–H and O–H groups in total. The van der Waals surface area contributed by atoms with Gasteiger partial charge in [0.1, 0.15) is 5.56 Å². The Morgan fingerprint density at radius 3 is 3.16 bits per heavy atom. The maximum absolute atomic E-state index is 11.9. The summed E-state index contributed by atoms with van der Waals surface area (Å²) in [6.07, 6.45) is 5.90. The molecule has 5 heteroatoms. The second-order valence-electron chi connectivity index (χ2n) is 5.00. The number of carbonyl (C=O) groups excluding carboxylic acids is 1. The maximum Gasteiger partial charge on any atom is 0.260 e. The Bertz CT molecular complexity index is 478. The molecule has 2 unspecified atom stereocenters. The fourth-order valence-corrected chi connectivity index (χ4v) is 2.28. The van der Waals surface area contributed by atoms with Gasteiger partial charge in [0.05, 0.1) is 6.10 Å². The van der Waals surface area contributed by atoms with Crippen LogP contribution in [0.3, 0.4) is 0 Å². The molecule has 0 radical (unpaired) electrons. The molecule has 1 fully saturated rings. The quantitative estimate of drug-likeness (QED) is 0.845. The minimum absolute atomic E-state index is 0.0382. The zero-order chi connectivity index (χ0) is 13.7. The highest BCUT2D eigenvalue weighted by Crippen LogP contribution is 2.17. The zero-order valence-electron chi connectivity index (χ0n) is 11.1. The summed E-state index contributed by atoms with van der Waals surface area (Å²) in [5.74, 6) is -0.318. The summed E-state index contributed by atoms with van der Waals surface area (Å²) < 4.78 is 5.54.